The Balaban J connectivity index is 1.82. The summed E-state index contributed by atoms with van der Waals surface area (Å²) < 4.78 is 31.8. The zero-order valence-corrected chi connectivity index (χ0v) is 12.4. The molecule has 3 rings (SSSR count). The van der Waals surface area contributed by atoms with Crippen LogP contribution in [0.4, 0.5) is 8.78 Å². The average molecular weight is 322 g/mol. The van der Waals surface area contributed by atoms with Gasteiger partial charge in [0.25, 0.3) is 11.5 Å². The number of carbonyl (C=O) groups excluding carboxylic acids is 1. The predicted octanol–water partition coefficient (Wildman–Crippen LogP) is 1.56. The van der Waals surface area contributed by atoms with Gasteiger partial charge in [-0.2, -0.15) is 0 Å². The molecular weight excluding hydrogens is 306 g/mol. The van der Waals surface area contributed by atoms with E-state index in [1.165, 1.54) is 0 Å². The summed E-state index contributed by atoms with van der Waals surface area (Å²) in [5, 5.41) is 0.791. The van der Waals surface area contributed by atoms with Gasteiger partial charge in [-0.25, -0.2) is 8.78 Å². The number of halogens is 2. The molecule has 2 heterocycles. The lowest BCUT2D eigenvalue weighted by molar-refractivity contribution is -0.135. The molecule has 1 aliphatic heterocycles. The van der Waals surface area contributed by atoms with Crippen LogP contribution in [0.2, 0.25) is 0 Å². The predicted molar refractivity (Wildman–Crippen MR) is 80.6 cm³/mol. The highest BCUT2D eigenvalue weighted by molar-refractivity contribution is 5.82. The van der Waals surface area contributed by atoms with Crippen molar-refractivity contribution in [2.24, 2.45) is 0 Å². The summed E-state index contributed by atoms with van der Waals surface area (Å²) in [5.41, 5.74) is 0.556. The van der Waals surface area contributed by atoms with E-state index in [0.29, 0.717) is 5.52 Å². The zero-order chi connectivity index (χ0) is 16.4. The van der Waals surface area contributed by atoms with E-state index in [-0.39, 0.29) is 30.7 Å². The number of aromatic nitrogens is 1. The van der Waals surface area contributed by atoms with Gasteiger partial charge in [0.1, 0.15) is 6.61 Å². The minimum atomic E-state index is -3.07. The van der Waals surface area contributed by atoms with Gasteiger partial charge in [0.05, 0.1) is 19.6 Å². The topological polar surface area (TPSA) is 62.4 Å². The molecule has 1 aliphatic rings. The first-order valence-electron chi connectivity index (χ1n) is 7.29. The van der Waals surface area contributed by atoms with Crippen LogP contribution < -0.4 is 5.56 Å². The first-order valence-corrected chi connectivity index (χ1v) is 7.29. The summed E-state index contributed by atoms with van der Waals surface area (Å²) in [7, 11) is 0. The summed E-state index contributed by atoms with van der Waals surface area (Å²) in [4.78, 5) is 28.1. The second-order valence-electron chi connectivity index (χ2n) is 5.61. The molecule has 0 radical (unpaired) electrons. The zero-order valence-electron chi connectivity index (χ0n) is 12.4. The van der Waals surface area contributed by atoms with E-state index in [1.54, 1.807) is 18.2 Å². The fourth-order valence-electron chi connectivity index (χ4n) is 2.61. The van der Waals surface area contributed by atoms with Crippen molar-refractivity contribution in [1.29, 1.82) is 0 Å². The lowest BCUT2D eigenvalue weighted by atomic mass is 10.1. The lowest BCUT2D eigenvalue weighted by Gasteiger charge is -2.23. The number of fused-ring (bicyclic) bond motifs is 1. The Hall–Kier alpha value is -2.28. The van der Waals surface area contributed by atoms with E-state index in [0.717, 1.165) is 10.3 Å². The SMILES string of the molecule is O=C(Cc1cc2ccccc2[nH]c1=O)N1CCOCC(F)(F)C1. The van der Waals surface area contributed by atoms with Crippen molar-refractivity contribution in [3.05, 3.63) is 46.2 Å². The number of alkyl halides is 2. The van der Waals surface area contributed by atoms with Gasteiger partial charge in [0, 0.05) is 17.6 Å². The van der Waals surface area contributed by atoms with Crippen molar-refractivity contribution < 1.29 is 18.3 Å². The monoisotopic (exact) mass is 322 g/mol. The van der Waals surface area contributed by atoms with Gasteiger partial charge in [-0.3, -0.25) is 9.59 Å². The van der Waals surface area contributed by atoms with E-state index in [1.807, 2.05) is 12.1 Å². The van der Waals surface area contributed by atoms with Crippen molar-refractivity contribution >= 4 is 16.8 Å². The Morgan fingerprint density at radius 2 is 2.13 bits per heavy atom. The number of para-hydroxylation sites is 1. The minimum Gasteiger partial charge on any atom is -0.373 e. The number of ether oxygens (including phenoxy) is 1. The molecule has 1 N–H and O–H groups in total. The number of nitrogens with zero attached hydrogens (tertiary/aromatic N) is 1. The standard InChI is InChI=1S/C16H16F2N2O3/c17-16(18)9-20(5-6-23-10-16)14(21)8-12-7-11-3-1-2-4-13(11)19-15(12)22/h1-4,7H,5-6,8-10H2,(H,19,22). The molecule has 1 amide bonds. The summed E-state index contributed by atoms with van der Waals surface area (Å²) in [5.74, 6) is -3.57. The van der Waals surface area contributed by atoms with Gasteiger partial charge < -0.3 is 14.6 Å². The Morgan fingerprint density at radius 1 is 1.35 bits per heavy atom. The number of H-pyrrole nitrogens is 1. The average Bonchev–Trinajstić information content (AvgIpc) is 2.68. The van der Waals surface area contributed by atoms with Crippen LogP contribution in [0.3, 0.4) is 0 Å². The summed E-state index contributed by atoms with van der Waals surface area (Å²) in [6, 6.07) is 8.81. The Kier molecular flexibility index (Phi) is 4.12. The highest BCUT2D eigenvalue weighted by Crippen LogP contribution is 2.19. The van der Waals surface area contributed by atoms with Crippen LogP contribution in [0.1, 0.15) is 5.56 Å². The van der Waals surface area contributed by atoms with E-state index in [9.17, 15) is 18.4 Å². The van der Waals surface area contributed by atoms with Crippen molar-refractivity contribution in [1.82, 2.24) is 9.88 Å². The third kappa shape index (κ3) is 3.56. The Bertz CT molecular complexity index is 788. The Labute approximate surface area is 130 Å². The van der Waals surface area contributed by atoms with Gasteiger partial charge in [-0.1, -0.05) is 18.2 Å². The van der Waals surface area contributed by atoms with Crippen molar-refractivity contribution in [2.45, 2.75) is 12.3 Å². The number of hydrogen-bond donors (Lipinski definition) is 1. The quantitative estimate of drug-likeness (QED) is 0.913. The number of benzene rings is 1. The van der Waals surface area contributed by atoms with Gasteiger partial charge >= 0.3 is 0 Å². The number of amides is 1. The molecule has 1 fully saturated rings. The van der Waals surface area contributed by atoms with Gasteiger partial charge in [0.2, 0.25) is 5.91 Å². The number of nitrogens with one attached hydrogen (secondary N) is 1. The second kappa shape index (κ2) is 6.08. The molecule has 1 aromatic heterocycles. The number of aromatic amines is 1. The van der Waals surface area contributed by atoms with Gasteiger partial charge in [0.15, 0.2) is 0 Å². The molecule has 1 aromatic carbocycles. The normalized spacial score (nSPS) is 17.9. The molecule has 0 spiro atoms. The number of carbonyl (C=O) groups is 1. The highest BCUT2D eigenvalue weighted by atomic mass is 19.3. The van der Waals surface area contributed by atoms with E-state index < -0.39 is 25.0 Å². The maximum Gasteiger partial charge on any atom is 0.288 e. The molecule has 122 valence electrons. The fourth-order valence-corrected chi connectivity index (χ4v) is 2.61. The third-order valence-electron chi connectivity index (χ3n) is 3.77. The number of hydrogen-bond acceptors (Lipinski definition) is 3. The minimum absolute atomic E-state index is 0.0649. The van der Waals surface area contributed by atoms with Crippen LogP contribution in [0.5, 0.6) is 0 Å². The van der Waals surface area contributed by atoms with Crippen LogP contribution in [-0.2, 0) is 16.0 Å². The van der Waals surface area contributed by atoms with Crippen molar-refractivity contribution in [2.75, 3.05) is 26.3 Å². The maximum atomic E-state index is 13.5. The van der Waals surface area contributed by atoms with Gasteiger partial charge in [-0.15, -0.1) is 0 Å². The first kappa shape index (κ1) is 15.6. The van der Waals surface area contributed by atoms with E-state index >= 15 is 0 Å². The number of rotatable bonds is 2. The summed E-state index contributed by atoms with van der Waals surface area (Å²) >= 11 is 0. The molecule has 5 nitrogen and oxygen atoms in total. The van der Waals surface area contributed by atoms with Crippen LogP contribution in [0.25, 0.3) is 10.9 Å². The van der Waals surface area contributed by atoms with Crippen LogP contribution >= 0.6 is 0 Å². The van der Waals surface area contributed by atoms with E-state index in [2.05, 4.69) is 4.98 Å². The van der Waals surface area contributed by atoms with Crippen molar-refractivity contribution in [3.8, 4) is 0 Å². The molecule has 0 unspecified atom stereocenters. The largest absolute Gasteiger partial charge is 0.373 e. The van der Waals surface area contributed by atoms with Crippen LogP contribution in [0.15, 0.2) is 35.1 Å². The highest BCUT2D eigenvalue weighted by Gasteiger charge is 2.36. The molecule has 7 heteroatoms. The summed E-state index contributed by atoms with van der Waals surface area (Å²) in [6.07, 6.45) is -0.212. The molecule has 23 heavy (non-hydrogen) atoms. The molecule has 0 bridgehead atoms. The van der Waals surface area contributed by atoms with Crippen LogP contribution in [0, 0.1) is 0 Å². The van der Waals surface area contributed by atoms with Gasteiger partial charge in [-0.05, 0) is 17.5 Å². The molecule has 0 atom stereocenters. The van der Waals surface area contributed by atoms with Crippen LogP contribution in [-0.4, -0.2) is 48.0 Å². The smallest absolute Gasteiger partial charge is 0.288 e. The third-order valence-corrected chi connectivity index (χ3v) is 3.77. The fraction of sp³-hybridized carbons (Fsp3) is 0.375. The molecular formula is C16H16F2N2O3. The van der Waals surface area contributed by atoms with Crippen molar-refractivity contribution in [3.63, 3.8) is 0 Å². The maximum absolute atomic E-state index is 13.5. The lowest BCUT2D eigenvalue weighted by Crippen LogP contribution is -2.42. The first-order chi connectivity index (χ1) is 10.9. The summed E-state index contributed by atoms with van der Waals surface area (Å²) in [6.45, 7) is -1.21. The molecule has 0 saturated carbocycles. The Morgan fingerprint density at radius 3 is 2.96 bits per heavy atom. The molecule has 0 aliphatic carbocycles. The van der Waals surface area contributed by atoms with E-state index in [4.69, 9.17) is 4.74 Å². The number of pyridine rings is 1. The second-order valence-corrected chi connectivity index (χ2v) is 5.61. The molecule has 1 saturated heterocycles. The molecule has 2 aromatic rings.